The zero-order valence-corrected chi connectivity index (χ0v) is 14.5. The number of hydrogen-bond donors (Lipinski definition) is 2. The Bertz CT molecular complexity index is 1060. The molecule has 9 heteroatoms. The number of fused-ring (bicyclic) bond motifs is 1. The van der Waals surface area contributed by atoms with Gasteiger partial charge in [0, 0.05) is 12.6 Å². The van der Waals surface area contributed by atoms with Gasteiger partial charge in [0.1, 0.15) is 11.8 Å². The fourth-order valence-electron chi connectivity index (χ4n) is 2.94. The first-order valence-electron chi connectivity index (χ1n) is 8.37. The van der Waals surface area contributed by atoms with Crippen molar-refractivity contribution < 1.29 is 9.59 Å². The van der Waals surface area contributed by atoms with Gasteiger partial charge in [0.15, 0.2) is 5.65 Å². The summed E-state index contributed by atoms with van der Waals surface area (Å²) in [5.41, 5.74) is 8.05. The van der Waals surface area contributed by atoms with Crippen LogP contribution in [0.2, 0.25) is 0 Å². The van der Waals surface area contributed by atoms with Crippen molar-refractivity contribution in [3.63, 3.8) is 0 Å². The summed E-state index contributed by atoms with van der Waals surface area (Å²) >= 11 is 0. The minimum absolute atomic E-state index is 0.117. The normalized spacial score (nSPS) is 16.4. The highest BCUT2D eigenvalue weighted by Crippen LogP contribution is 2.24. The van der Waals surface area contributed by atoms with Gasteiger partial charge in [0.2, 0.25) is 11.9 Å². The Hall–Kier alpha value is -3.75. The van der Waals surface area contributed by atoms with E-state index in [-0.39, 0.29) is 18.1 Å². The van der Waals surface area contributed by atoms with Gasteiger partial charge in [0.25, 0.3) is 5.91 Å². The largest absolute Gasteiger partial charge is 0.368 e. The zero-order valence-electron chi connectivity index (χ0n) is 14.5. The van der Waals surface area contributed by atoms with Gasteiger partial charge in [-0.3, -0.25) is 24.3 Å². The van der Waals surface area contributed by atoms with Crippen molar-refractivity contribution in [1.29, 1.82) is 0 Å². The maximum Gasteiger partial charge on any atom is 0.274 e. The van der Waals surface area contributed by atoms with Crippen molar-refractivity contribution >= 4 is 34.8 Å². The van der Waals surface area contributed by atoms with E-state index >= 15 is 0 Å². The van der Waals surface area contributed by atoms with E-state index in [2.05, 4.69) is 20.6 Å². The average molecular weight is 363 g/mol. The second-order valence-corrected chi connectivity index (χ2v) is 6.26. The van der Waals surface area contributed by atoms with Gasteiger partial charge in [-0.1, -0.05) is 18.2 Å². The first-order chi connectivity index (χ1) is 13.0. The van der Waals surface area contributed by atoms with Gasteiger partial charge < -0.3 is 5.73 Å². The number of para-hydroxylation sites is 1. The SMILES string of the molecule is Cc1ccn2c(NC(=O)C3=NN(c4ccccc4)C(C(N)=O)C3)nnc2c1. The van der Waals surface area contributed by atoms with Gasteiger partial charge in [-0.15, -0.1) is 10.2 Å². The maximum atomic E-state index is 12.7. The molecule has 1 aliphatic rings. The van der Waals surface area contributed by atoms with E-state index in [9.17, 15) is 9.59 Å². The second-order valence-electron chi connectivity index (χ2n) is 6.26. The van der Waals surface area contributed by atoms with Crippen LogP contribution >= 0.6 is 0 Å². The predicted molar refractivity (Wildman–Crippen MR) is 100 cm³/mol. The molecule has 3 N–H and O–H groups in total. The van der Waals surface area contributed by atoms with E-state index in [0.717, 1.165) is 5.56 Å². The highest BCUT2D eigenvalue weighted by molar-refractivity contribution is 6.44. The van der Waals surface area contributed by atoms with Crippen LogP contribution in [0.5, 0.6) is 0 Å². The number of nitrogens with one attached hydrogen (secondary N) is 1. The minimum atomic E-state index is -0.717. The second kappa shape index (κ2) is 6.52. The van der Waals surface area contributed by atoms with E-state index in [1.54, 1.807) is 22.7 Å². The standard InChI is InChI=1S/C18H17N7O2/c1-11-7-8-24-15(9-11)21-22-18(24)20-17(27)13-10-14(16(19)26)25(23-13)12-5-3-2-4-6-12/h2-9,14H,10H2,1H3,(H2,19,26)(H,20,22,27). The van der Waals surface area contributed by atoms with Crippen LogP contribution in [-0.2, 0) is 9.59 Å². The third-order valence-corrected chi connectivity index (χ3v) is 4.31. The molecule has 1 atom stereocenters. The Labute approximate surface area is 154 Å². The molecule has 3 heterocycles. The Morgan fingerprint density at radius 3 is 2.70 bits per heavy atom. The lowest BCUT2D eigenvalue weighted by Crippen LogP contribution is -2.39. The molecule has 1 aromatic carbocycles. The third-order valence-electron chi connectivity index (χ3n) is 4.31. The molecule has 2 aromatic heterocycles. The fraction of sp³-hybridized carbons (Fsp3) is 0.167. The molecule has 1 aliphatic heterocycles. The van der Waals surface area contributed by atoms with Crippen molar-refractivity contribution in [2.45, 2.75) is 19.4 Å². The van der Waals surface area contributed by atoms with Gasteiger partial charge in [0.05, 0.1) is 5.69 Å². The van der Waals surface area contributed by atoms with Crippen molar-refractivity contribution in [2.24, 2.45) is 10.8 Å². The molecule has 0 radical (unpaired) electrons. The summed E-state index contributed by atoms with van der Waals surface area (Å²) < 4.78 is 1.67. The van der Waals surface area contributed by atoms with Gasteiger partial charge in [-0.05, 0) is 36.8 Å². The van der Waals surface area contributed by atoms with Gasteiger partial charge in [-0.25, -0.2) is 0 Å². The quantitative estimate of drug-likeness (QED) is 0.719. The summed E-state index contributed by atoms with van der Waals surface area (Å²) in [6.45, 7) is 1.95. The van der Waals surface area contributed by atoms with Gasteiger partial charge in [-0.2, -0.15) is 5.10 Å². The molecular weight excluding hydrogens is 346 g/mol. The van der Waals surface area contributed by atoms with Crippen molar-refractivity contribution in [3.8, 4) is 0 Å². The van der Waals surface area contributed by atoms with E-state index in [1.165, 1.54) is 5.01 Å². The van der Waals surface area contributed by atoms with Crippen LogP contribution in [0, 0.1) is 6.92 Å². The molecule has 0 saturated heterocycles. The van der Waals surface area contributed by atoms with Gasteiger partial charge >= 0.3 is 0 Å². The molecule has 27 heavy (non-hydrogen) atoms. The number of hydrogen-bond acceptors (Lipinski definition) is 6. The van der Waals surface area contributed by atoms with Crippen LogP contribution in [0.3, 0.4) is 0 Å². The van der Waals surface area contributed by atoms with Crippen LogP contribution in [0.1, 0.15) is 12.0 Å². The Balaban J connectivity index is 1.60. The number of amides is 2. The summed E-state index contributed by atoms with van der Waals surface area (Å²) in [6, 6.07) is 12.1. The number of primary amides is 1. The van der Waals surface area contributed by atoms with Crippen LogP contribution in [0.4, 0.5) is 11.6 Å². The fourth-order valence-corrected chi connectivity index (χ4v) is 2.94. The molecule has 4 rings (SSSR count). The minimum Gasteiger partial charge on any atom is -0.368 e. The maximum absolute atomic E-state index is 12.7. The number of rotatable bonds is 4. The number of carbonyl (C=O) groups excluding carboxylic acids is 2. The number of aromatic nitrogens is 3. The molecule has 0 bridgehead atoms. The number of hydrazone groups is 1. The Morgan fingerprint density at radius 2 is 1.96 bits per heavy atom. The molecule has 0 saturated carbocycles. The van der Waals surface area contributed by atoms with E-state index in [0.29, 0.717) is 11.3 Å². The summed E-state index contributed by atoms with van der Waals surface area (Å²) in [4.78, 5) is 24.5. The summed E-state index contributed by atoms with van der Waals surface area (Å²) in [6.07, 6.45) is 1.89. The molecule has 9 nitrogen and oxygen atoms in total. The van der Waals surface area contributed by atoms with Crippen molar-refractivity contribution in [2.75, 3.05) is 10.3 Å². The number of pyridine rings is 1. The third kappa shape index (κ3) is 3.10. The zero-order chi connectivity index (χ0) is 19.0. The van der Waals surface area contributed by atoms with Crippen LogP contribution in [-0.4, -0.2) is 38.2 Å². The number of carbonyl (C=O) groups is 2. The lowest BCUT2D eigenvalue weighted by molar-refractivity contribution is -0.119. The summed E-state index contributed by atoms with van der Waals surface area (Å²) in [5, 5.41) is 16.5. The summed E-state index contributed by atoms with van der Waals surface area (Å²) in [5.74, 6) is -0.713. The monoisotopic (exact) mass is 363 g/mol. The van der Waals surface area contributed by atoms with Crippen LogP contribution in [0.15, 0.2) is 53.8 Å². The Kier molecular flexibility index (Phi) is 4.03. The molecule has 0 spiro atoms. The average Bonchev–Trinajstić information content (AvgIpc) is 3.27. The highest BCUT2D eigenvalue weighted by atomic mass is 16.2. The molecule has 1 unspecified atom stereocenters. The number of benzene rings is 1. The molecule has 136 valence electrons. The lowest BCUT2D eigenvalue weighted by Gasteiger charge is -2.20. The summed E-state index contributed by atoms with van der Waals surface area (Å²) in [7, 11) is 0. The topological polar surface area (TPSA) is 118 Å². The molecule has 0 aliphatic carbocycles. The molecular formula is C18H17N7O2. The number of anilines is 2. The van der Waals surface area contributed by atoms with Crippen molar-refractivity contribution in [3.05, 3.63) is 54.2 Å². The van der Waals surface area contributed by atoms with Crippen molar-refractivity contribution in [1.82, 2.24) is 14.6 Å². The van der Waals surface area contributed by atoms with E-state index < -0.39 is 17.9 Å². The lowest BCUT2D eigenvalue weighted by atomic mass is 10.1. The molecule has 3 aromatic rings. The number of nitrogens with zero attached hydrogens (tertiary/aromatic N) is 5. The highest BCUT2D eigenvalue weighted by Gasteiger charge is 2.35. The van der Waals surface area contributed by atoms with Crippen LogP contribution < -0.4 is 16.1 Å². The number of nitrogens with two attached hydrogens (primary N) is 1. The van der Waals surface area contributed by atoms with Crippen LogP contribution in [0.25, 0.3) is 5.65 Å². The molecule has 0 fully saturated rings. The van der Waals surface area contributed by atoms with E-state index in [1.807, 2.05) is 37.3 Å². The predicted octanol–water partition coefficient (Wildman–Crippen LogP) is 1.10. The first-order valence-corrected chi connectivity index (χ1v) is 8.37. The number of aryl methyl sites for hydroxylation is 1. The Morgan fingerprint density at radius 1 is 1.19 bits per heavy atom. The van der Waals surface area contributed by atoms with E-state index in [4.69, 9.17) is 5.73 Å². The molecule has 2 amide bonds. The first kappa shape index (κ1) is 16.7. The smallest absolute Gasteiger partial charge is 0.274 e.